The standard InChI is InChI=1S/C8H8ClN3S2/c1-2-10-8-12-11-7(14-8)5-3-4-6(9)13-5/h3-4H,2H2,1H3,(H,10,12). The molecule has 2 rings (SSSR count). The van der Waals surface area contributed by atoms with E-state index in [1.54, 1.807) is 11.3 Å². The van der Waals surface area contributed by atoms with Crippen LogP contribution in [0.5, 0.6) is 0 Å². The Hall–Kier alpha value is -0.650. The van der Waals surface area contributed by atoms with Gasteiger partial charge < -0.3 is 5.32 Å². The van der Waals surface area contributed by atoms with Crippen LogP contribution >= 0.6 is 34.3 Å². The van der Waals surface area contributed by atoms with Crippen LogP contribution in [0.2, 0.25) is 4.34 Å². The van der Waals surface area contributed by atoms with E-state index in [9.17, 15) is 0 Å². The van der Waals surface area contributed by atoms with Gasteiger partial charge in [0.2, 0.25) is 5.13 Å². The third-order valence-corrected chi connectivity index (χ3v) is 3.82. The molecule has 2 aromatic rings. The lowest BCUT2D eigenvalue weighted by molar-refractivity contribution is 1.07. The van der Waals surface area contributed by atoms with Crippen LogP contribution in [-0.2, 0) is 0 Å². The number of nitrogens with one attached hydrogen (secondary N) is 1. The molecule has 0 fully saturated rings. The minimum Gasteiger partial charge on any atom is -0.360 e. The highest BCUT2D eigenvalue weighted by atomic mass is 35.5. The number of nitrogens with zero attached hydrogens (tertiary/aromatic N) is 2. The Bertz CT molecular complexity index is 424. The minimum atomic E-state index is 0.778. The van der Waals surface area contributed by atoms with Gasteiger partial charge in [-0.3, -0.25) is 0 Å². The average Bonchev–Trinajstić information content (AvgIpc) is 2.74. The van der Waals surface area contributed by atoms with Crippen LogP contribution in [0.25, 0.3) is 9.88 Å². The Kier molecular flexibility index (Phi) is 3.00. The predicted octanol–water partition coefficient (Wildman–Crippen LogP) is 3.35. The van der Waals surface area contributed by atoms with E-state index in [1.165, 1.54) is 11.3 Å². The summed E-state index contributed by atoms with van der Waals surface area (Å²) < 4.78 is 0.778. The second-order valence-corrected chi connectivity index (χ2v) is 5.24. The van der Waals surface area contributed by atoms with Crippen molar-refractivity contribution in [2.45, 2.75) is 6.92 Å². The SMILES string of the molecule is CCNc1nnc(-c2ccc(Cl)s2)s1. The summed E-state index contributed by atoms with van der Waals surface area (Å²) in [4.78, 5) is 1.07. The van der Waals surface area contributed by atoms with E-state index >= 15 is 0 Å². The first-order chi connectivity index (χ1) is 6.79. The molecule has 0 aliphatic rings. The van der Waals surface area contributed by atoms with Crippen LogP contribution in [0.1, 0.15) is 6.92 Å². The van der Waals surface area contributed by atoms with Crippen LogP contribution in [-0.4, -0.2) is 16.7 Å². The summed E-state index contributed by atoms with van der Waals surface area (Å²) in [5, 5.41) is 13.0. The van der Waals surface area contributed by atoms with E-state index < -0.39 is 0 Å². The normalized spacial score (nSPS) is 10.4. The molecule has 0 atom stereocenters. The molecule has 0 spiro atoms. The van der Waals surface area contributed by atoms with Gasteiger partial charge in [-0.2, -0.15) is 0 Å². The van der Waals surface area contributed by atoms with E-state index in [0.29, 0.717) is 0 Å². The zero-order valence-electron chi connectivity index (χ0n) is 7.45. The number of halogens is 1. The molecule has 0 aliphatic heterocycles. The van der Waals surface area contributed by atoms with Gasteiger partial charge in [0.1, 0.15) is 0 Å². The Labute approximate surface area is 94.8 Å². The highest BCUT2D eigenvalue weighted by molar-refractivity contribution is 7.25. The summed E-state index contributed by atoms with van der Waals surface area (Å²) >= 11 is 8.90. The maximum atomic E-state index is 5.84. The van der Waals surface area contributed by atoms with Crippen molar-refractivity contribution in [3.63, 3.8) is 0 Å². The van der Waals surface area contributed by atoms with Crippen LogP contribution in [0.4, 0.5) is 5.13 Å². The molecular weight excluding hydrogens is 238 g/mol. The summed E-state index contributed by atoms with van der Waals surface area (Å²) in [6, 6.07) is 3.83. The van der Waals surface area contributed by atoms with Crippen molar-refractivity contribution in [3.8, 4) is 9.88 Å². The van der Waals surface area contributed by atoms with Crippen LogP contribution in [0.15, 0.2) is 12.1 Å². The van der Waals surface area contributed by atoms with E-state index in [1.807, 2.05) is 19.1 Å². The smallest absolute Gasteiger partial charge is 0.206 e. The zero-order chi connectivity index (χ0) is 9.97. The molecule has 6 heteroatoms. The van der Waals surface area contributed by atoms with Gasteiger partial charge in [0, 0.05) is 6.54 Å². The predicted molar refractivity (Wildman–Crippen MR) is 62.4 cm³/mol. The topological polar surface area (TPSA) is 37.8 Å². The lowest BCUT2D eigenvalue weighted by Crippen LogP contribution is -1.94. The fraction of sp³-hybridized carbons (Fsp3) is 0.250. The largest absolute Gasteiger partial charge is 0.360 e. The van der Waals surface area contributed by atoms with Crippen LogP contribution in [0, 0.1) is 0 Å². The van der Waals surface area contributed by atoms with Gasteiger partial charge in [-0.05, 0) is 19.1 Å². The second-order valence-electron chi connectivity index (χ2n) is 2.55. The van der Waals surface area contributed by atoms with Gasteiger partial charge in [-0.1, -0.05) is 22.9 Å². The maximum absolute atomic E-state index is 5.84. The van der Waals surface area contributed by atoms with Gasteiger partial charge in [0.15, 0.2) is 5.01 Å². The van der Waals surface area contributed by atoms with Crippen molar-refractivity contribution < 1.29 is 0 Å². The third kappa shape index (κ3) is 2.05. The number of aromatic nitrogens is 2. The van der Waals surface area contributed by atoms with Crippen molar-refractivity contribution in [2.75, 3.05) is 11.9 Å². The highest BCUT2D eigenvalue weighted by Crippen LogP contribution is 2.33. The molecule has 0 aliphatic carbocycles. The molecule has 0 saturated heterocycles. The van der Waals surface area contributed by atoms with Crippen LogP contribution in [0.3, 0.4) is 0 Å². The highest BCUT2D eigenvalue weighted by Gasteiger charge is 2.07. The van der Waals surface area contributed by atoms with E-state index in [-0.39, 0.29) is 0 Å². The van der Waals surface area contributed by atoms with E-state index in [0.717, 1.165) is 25.9 Å². The molecule has 0 bridgehead atoms. The lowest BCUT2D eigenvalue weighted by atomic mass is 10.5. The number of thiophene rings is 1. The Morgan fingerprint density at radius 2 is 2.21 bits per heavy atom. The molecule has 0 unspecified atom stereocenters. The van der Waals surface area contributed by atoms with Crippen molar-refractivity contribution >= 4 is 39.4 Å². The molecule has 0 saturated carbocycles. The number of anilines is 1. The van der Waals surface area contributed by atoms with Crippen molar-refractivity contribution in [2.24, 2.45) is 0 Å². The number of rotatable bonds is 3. The summed E-state index contributed by atoms with van der Waals surface area (Å²) in [6.07, 6.45) is 0. The van der Waals surface area contributed by atoms with Crippen molar-refractivity contribution in [1.29, 1.82) is 0 Å². The maximum Gasteiger partial charge on any atom is 0.206 e. The minimum absolute atomic E-state index is 0.778. The first-order valence-electron chi connectivity index (χ1n) is 4.12. The molecular formula is C8H8ClN3S2. The van der Waals surface area contributed by atoms with Gasteiger partial charge >= 0.3 is 0 Å². The van der Waals surface area contributed by atoms with Crippen molar-refractivity contribution in [3.05, 3.63) is 16.5 Å². The Morgan fingerprint density at radius 3 is 2.86 bits per heavy atom. The van der Waals surface area contributed by atoms with Crippen molar-refractivity contribution in [1.82, 2.24) is 10.2 Å². The summed E-state index contributed by atoms with van der Waals surface area (Å²) in [5.41, 5.74) is 0. The number of hydrogen-bond donors (Lipinski definition) is 1. The molecule has 0 amide bonds. The molecule has 74 valence electrons. The van der Waals surface area contributed by atoms with Gasteiger partial charge in [-0.25, -0.2) is 0 Å². The second kappa shape index (κ2) is 4.25. The molecule has 0 aromatic carbocycles. The first-order valence-corrected chi connectivity index (χ1v) is 6.13. The molecule has 2 aromatic heterocycles. The number of hydrogen-bond acceptors (Lipinski definition) is 5. The summed E-state index contributed by atoms with van der Waals surface area (Å²) in [5.74, 6) is 0. The van der Waals surface area contributed by atoms with E-state index in [2.05, 4.69) is 15.5 Å². The first kappa shape index (κ1) is 9.89. The Balaban J connectivity index is 2.24. The molecule has 3 nitrogen and oxygen atoms in total. The average molecular weight is 246 g/mol. The summed E-state index contributed by atoms with van der Waals surface area (Å²) in [7, 11) is 0. The molecule has 0 radical (unpaired) electrons. The molecule has 2 heterocycles. The fourth-order valence-electron chi connectivity index (χ4n) is 0.975. The lowest BCUT2D eigenvalue weighted by Gasteiger charge is -1.91. The monoisotopic (exact) mass is 245 g/mol. The van der Waals surface area contributed by atoms with E-state index in [4.69, 9.17) is 11.6 Å². The van der Waals surface area contributed by atoms with Gasteiger partial charge in [0.05, 0.1) is 9.21 Å². The third-order valence-electron chi connectivity index (χ3n) is 1.54. The van der Waals surface area contributed by atoms with Crippen LogP contribution < -0.4 is 5.32 Å². The zero-order valence-corrected chi connectivity index (χ0v) is 9.84. The van der Waals surface area contributed by atoms with Gasteiger partial charge in [0.25, 0.3) is 0 Å². The Morgan fingerprint density at radius 1 is 1.36 bits per heavy atom. The quantitative estimate of drug-likeness (QED) is 0.901. The molecule has 14 heavy (non-hydrogen) atoms. The summed E-state index contributed by atoms with van der Waals surface area (Å²) in [6.45, 7) is 2.89. The van der Waals surface area contributed by atoms with Gasteiger partial charge in [-0.15, -0.1) is 21.5 Å². The fourth-order valence-corrected chi connectivity index (χ4v) is 2.88. The molecule has 1 N–H and O–H groups in total.